The molecule has 1 aliphatic rings. The summed E-state index contributed by atoms with van der Waals surface area (Å²) in [5.41, 5.74) is 1.12. The summed E-state index contributed by atoms with van der Waals surface area (Å²) in [4.78, 5) is 27.5. The van der Waals surface area contributed by atoms with E-state index in [1.165, 1.54) is 0 Å². The van der Waals surface area contributed by atoms with Crippen LogP contribution in [0, 0.1) is 0 Å². The van der Waals surface area contributed by atoms with Crippen LogP contribution < -0.4 is 14.8 Å². The summed E-state index contributed by atoms with van der Waals surface area (Å²) in [6.07, 6.45) is 4.99. The third-order valence-corrected chi connectivity index (χ3v) is 5.77. The molecule has 1 N–H and O–H groups in total. The average molecular weight is 425 g/mol. The lowest BCUT2D eigenvalue weighted by Gasteiger charge is -2.29. The van der Waals surface area contributed by atoms with E-state index in [4.69, 9.17) is 9.47 Å². The Morgan fingerprint density at radius 1 is 1.03 bits per heavy atom. The topological polar surface area (TPSA) is 67.9 Å². The molecule has 1 fully saturated rings. The summed E-state index contributed by atoms with van der Waals surface area (Å²) >= 11 is 0. The average Bonchev–Trinajstić information content (AvgIpc) is 3.31. The molecule has 0 aliphatic heterocycles. The number of nitrogens with one attached hydrogen (secondary N) is 1. The van der Waals surface area contributed by atoms with Crippen molar-refractivity contribution in [2.45, 2.75) is 51.1 Å². The minimum absolute atomic E-state index is 0.0993. The predicted molar refractivity (Wildman–Crippen MR) is 120 cm³/mol. The van der Waals surface area contributed by atoms with Crippen LogP contribution in [0.5, 0.6) is 11.5 Å². The van der Waals surface area contributed by atoms with Crippen molar-refractivity contribution >= 4 is 11.8 Å². The Labute approximate surface area is 184 Å². The second kappa shape index (κ2) is 11.4. The molecule has 1 saturated carbocycles. The highest BCUT2D eigenvalue weighted by atomic mass is 16.5. The van der Waals surface area contributed by atoms with Crippen LogP contribution >= 0.6 is 0 Å². The molecule has 1 unspecified atom stereocenters. The van der Waals surface area contributed by atoms with Gasteiger partial charge in [0.15, 0.2) is 6.61 Å². The second-order valence-corrected chi connectivity index (χ2v) is 7.95. The Kier molecular flexibility index (Phi) is 8.33. The van der Waals surface area contributed by atoms with Crippen LogP contribution in [-0.4, -0.2) is 49.1 Å². The summed E-state index contributed by atoms with van der Waals surface area (Å²) in [7, 11) is 1.60. The van der Waals surface area contributed by atoms with Crippen LogP contribution in [0.4, 0.5) is 0 Å². The van der Waals surface area contributed by atoms with Gasteiger partial charge in [-0.25, -0.2) is 0 Å². The summed E-state index contributed by atoms with van der Waals surface area (Å²) in [6.45, 7) is 2.12. The van der Waals surface area contributed by atoms with E-state index in [9.17, 15) is 9.59 Å². The Morgan fingerprint density at radius 2 is 1.68 bits per heavy atom. The molecule has 2 aromatic rings. The van der Waals surface area contributed by atoms with Gasteiger partial charge in [-0.3, -0.25) is 9.59 Å². The molecule has 31 heavy (non-hydrogen) atoms. The highest BCUT2D eigenvalue weighted by molar-refractivity contribution is 5.88. The van der Waals surface area contributed by atoms with Crippen LogP contribution in [0.25, 0.3) is 0 Å². The first-order valence-corrected chi connectivity index (χ1v) is 11.0. The minimum atomic E-state index is -0.559. The van der Waals surface area contributed by atoms with Crippen LogP contribution in [-0.2, 0) is 16.0 Å². The normalized spacial score (nSPS) is 14.6. The van der Waals surface area contributed by atoms with Crippen LogP contribution in [0.15, 0.2) is 54.6 Å². The van der Waals surface area contributed by atoms with Gasteiger partial charge in [0.05, 0.1) is 7.11 Å². The Hall–Kier alpha value is -3.02. The lowest BCUT2D eigenvalue weighted by molar-refractivity contribution is -0.141. The molecule has 0 heterocycles. The Morgan fingerprint density at radius 3 is 2.32 bits per heavy atom. The van der Waals surface area contributed by atoms with Gasteiger partial charge in [-0.1, -0.05) is 43.2 Å². The van der Waals surface area contributed by atoms with Crippen molar-refractivity contribution < 1.29 is 19.1 Å². The van der Waals surface area contributed by atoms with Crippen molar-refractivity contribution in [3.8, 4) is 11.5 Å². The lowest BCUT2D eigenvalue weighted by Crippen LogP contribution is -2.51. The van der Waals surface area contributed by atoms with Crippen LogP contribution in [0.1, 0.15) is 38.2 Å². The molecule has 1 aliphatic carbocycles. The molecule has 2 amide bonds. The van der Waals surface area contributed by atoms with E-state index < -0.39 is 6.04 Å². The zero-order chi connectivity index (χ0) is 22.1. The molecule has 2 aromatic carbocycles. The Balaban J connectivity index is 1.63. The molecule has 6 nitrogen and oxygen atoms in total. The van der Waals surface area contributed by atoms with Crippen molar-refractivity contribution in [2.75, 3.05) is 20.3 Å². The number of amides is 2. The Bertz CT molecular complexity index is 832. The fourth-order valence-corrected chi connectivity index (χ4v) is 3.86. The number of benzene rings is 2. The van der Waals surface area contributed by atoms with Gasteiger partial charge in [0.25, 0.3) is 5.91 Å². The first-order chi connectivity index (χ1) is 15.1. The van der Waals surface area contributed by atoms with E-state index >= 15 is 0 Å². The maximum Gasteiger partial charge on any atom is 0.261 e. The van der Waals surface area contributed by atoms with Gasteiger partial charge in [0.2, 0.25) is 5.91 Å². The van der Waals surface area contributed by atoms with Crippen molar-refractivity contribution in [1.82, 2.24) is 10.2 Å². The molecule has 6 heteroatoms. The van der Waals surface area contributed by atoms with Gasteiger partial charge in [-0.2, -0.15) is 0 Å². The summed E-state index contributed by atoms with van der Waals surface area (Å²) in [5.74, 6) is 0.999. The van der Waals surface area contributed by atoms with Gasteiger partial charge in [0, 0.05) is 12.6 Å². The first kappa shape index (κ1) is 22.7. The molecule has 0 radical (unpaired) electrons. The maximum atomic E-state index is 13.0. The SMILES string of the molecule is COc1ccc(OCC(=O)N(CCc2ccccc2)C(C)C(=O)NC2CCCC2)cc1. The van der Waals surface area contributed by atoms with E-state index in [0.29, 0.717) is 18.7 Å². The first-order valence-electron chi connectivity index (χ1n) is 11.0. The van der Waals surface area contributed by atoms with Crippen molar-refractivity contribution in [2.24, 2.45) is 0 Å². The number of rotatable bonds is 10. The van der Waals surface area contributed by atoms with Gasteiger partial charge >= 0.3 is 0 Å². The second-order valence-electron chi connectivity index (χ2n) is 7.95. The van der Waals surface area contributed by atoms with E-state index in [1.807, 2.05) is 30.3 Å². The van der Waals surface area contributed by atoms with E-state index in [2.05, 4.69) is 5.32 Å². The van der Waals surface area contributed by atoms with E-state index in [-0.39, 0.29) is 24.5 Å². The number of ether oxygens (including phenoxy) is 2. The predicted octanol–water partition coefficient (Wildman–Crippen LogP) is 3.59. The molecule has 0 spiro atoms. The van der Waals surface area contributed by atoms with E-state index in [0.717, 1.165) is 37.0 Å². The highest BCUT2D eigenvalue weighted by Crippen LogP contribution is 2.19. The molecular formula is C25H32N2O4. The third-order valence-electron chi connectivity index (χ3n) is 5.77. The molecule has 166 valence electrons. The monoisotopic (exact) mass is 424 g/mol. The van der Waals surface area contributed by atoms with Crippen LogP contribution in [0.2, 0.25) is 0 Å². The number of methoxy groups -OCH3 is 1. The molecule has 0 saturated heterocycles. The smallest absolute Gasteiger partial charge is 0.261 e. The quantitative estimate of drug-likeness (QED) is 0.633. The number of hydrogen-bond donors (Lipinski definition) is 1. The zero-order valence-electron chi connectivity index (χ0n) is 18.4. The fraction of sp³-hybridized carbons (Fsp3) is 0.440. The minimum Gasteiger partial charge on any atom is -0.497 e. The standard InChI is InChI=1S/C25H32N2O4/c1-19(25(29)26-21-10-6-7-11-21)27(17-16-20-8-4-3-5-9-20)24(28)18-31-23-14-12-22(30-2)13-15-23/h3-5,8-9,12-15,19,21H,6-7,10-11,16-18H2,1-2H3,(H,26,29). The zero-order valence-corrected chi connectivity index (χ0v) is 18.4. The summed E-state index contributed by atoms with van der Waals surface area (Å²) < 4.78 is 10.8. The number of nitrogens with zero attached hydrogens (tertiary/aromatic N) is 1. The lowest BCUT2D eigenvalue weighted by atomic mass is 10.1. The van der Waals surface area contributed by atoms with Gasteiger partial charge in [-0.15, -0.1) is 0 Å². The summed E-state index contributed by atoms with van der Waals surface area (Å²) in [6, 6.07) is 16.7. The van der Waals surface area contributed by atoms with Gasteiger partial charge in [-0.05, 0) is 56.0 Å². The van der Waals surface area contributed by atoms with Crippen molar-refractivity contribution in [3.63, 3.8) is 0 Å². The third kappa shape index (κ3) is 6.74. The largest absolute Gasteiger partial charge is 0.497 e. The van der Waals surface area contributed by atoms with Gasteiger partial charge < -0.3 is 19.7 Å². The van der Waals surface area contributed by atoms with Crippen molar-refractivity contribution in [1.29, 1.82) is 0 Å². The summed E-state index contributed by atoms with van der Waals surface area (Å²) in [5, 5.41) is 3.11. The fourth-order valence-electron chi connectivity index (χ4n) is 3.86. The number of carbonyl (C=O) groups excluding carboxylic acids is 2. The van der Waals surface area contributed by atoms with Gasteiger partial charge in [0.1, 0.15) is 17.5 Å². The van der Waals surface area contributed by atoms with Crippen molar-refractivity contribution in [3.05, 3.63) is 60.2 Å². The van der Waals surface area contributed by atoms with E-state index in [1.54, 1.807) is 43.2 Å². The molecule has 1 atom stereocenters. The molecule has 0 aromatic heterocycles. The number of carbonyl (C=O) groups is 2. The van der Waals surface area contributed by atoms with Crippen LogP contribution in [0.3, 0.4) is 0 Å². The number of hydrogen-bond acceptors (Lipinski definition) is 4. The molecular weight excluding hydrogens is 392 g/mol. The maximum absolute atomic E-state index is 13.0. The molecule has 0 bridgehead atoms. The molecule has 3 rings (SSSR count). The highest BCUT2D eigenvalue weighted by Gasteiger charge is 2.28.